The molecule has 0 radical (unpaired) electrons. The van der Waals surface area contributed by atoms with Crippen LogP contribution in [0.25, 0.3) is 0 Å². The van der Waals surface area contributed by atoms with Crippen LogP contribution in [0.15, 0.2) is 18.2 Å². The summed E-state index contributed by atoms with van der Waals surface area (Å²) in [6.07, 6.45) is 4.06. The third-order valence-electron chi connectivity index (χ3n) is 3.79. The summed E-state index contributed by atoms with van der Waals surface area (Å²) in [6.45, 7) is 2.61. The number of hydrogen-bond acceptors (Lipinski definition) is 2. The second-order valence-corrected chi connectivity index (χ2v) is 5.51. The van der Waals surface area contributed by atoms with Gasteiger partial charge in [-0.25, -0.2) is 0 Å². The molecule has 1 aromatic carbocycles. The fourth-order valence-corrected chi connectivity index (χ4v) is 2.85. The van der Waals surface area contributed by atoms with E-state index in [4.69, 9.17) is 11.6 Å². The van der Waals surface area contributed by atoms with E-state index in [-0.39, 0.29) is 17.7 Å². The van der Waals surface area contributed by atoms with Gasteiger partial charge < -0.3 is 10.0 Å². The van der Waals surface area contributed by atoms with Gasteiger partial charge >= 0.3 is 0 Å². The standard InChI is InChI=1S/C15H20ClNO2/c1-11-5-6-12(10-14(11)18)15(19)17-9-3-2-4-13(17)7-8-16/h5-6,10,13,18H,2-4,7-9H2,1H3. The highest BCUT2D eigenvalue weighted by atomic mass is 35.5. The Labute approximate surface area is 119 Å². The molecule has 1 aliphatic heterocycles. The summed E-state index contributed by atoms with van der Waals surface area (Å²) in [6, 6.07) is 5.36. The molecule has 1 heterocycles. The molecule has 0 bridgehead atoms. The summed E-state index contributed by atoms with van der Waals surface area (Å²) < 4.78 is 0. The Bertz CT molecular complexity index is 459. The van der Waals surface area contributed by atoms with Crippen LogP contribution in [0.2, 0.25) is 0 Å². The molecule has 0 aromatic heterocycles. The largest absolute Gasteiger partial charge is 0.508 e. The molecule has 0 aliphatic carbocycles. The predicted octanol–water partition coefficient (Wildman–Crippen LogP) is 3.32. The molecule has 1 amide bonds. The van der Waals surface area contributed by atoms with E-state index in [2.05, 4.69) is 0 Å². The number of piperidine rings is 1. The quantitative estimate of drug-likeness (QED) is 0.864. The Balaban J connectivity index is 2.18. The van der Waals surface area contributed by atoms with Gasteiger partial charge in [0, 0.05) is 24.0 Å². The van der Waals surface area contributed by atoms with Crippen LogP contribution in [0.1, 0.15) is 41.6 Å². The van der Waals surface area contributed by atoms with Gasteiger partial charge in [-0.1, -0.05) is 6.07 Å². The molecule has 1 N–H and O–H groups in total. The zero-order chi connectivity index (χ0) is 13.8. The van der Waals surface area contributed by atoms with Crippen LogP contribution >= 0.6 is 11.6 Å². The van der Waals surface area contributed by atoms with E-state index in [1.165, 1.54) is 0 Å². The Morgan fingerprint density at radius 2 is 2.26 bits per heavy atom. The summed E-state index contributed by atoms with van der Waals surface area (Å²) in [4.78, 5) is 14.4. The van der Waals surface area contributed by atoms with Gasteiger partial charge in [-0.05, 0) is 50.3 Å². The molecule has 3 nitrogen and oxygen atoms in total. The van der Waals surface area contributed by atoms with Crippen LogP contribution in [0.5, 0.6) is 5.75 Å². The Kier molecular flexibility index (Phi) is 4.70. The fraction of sp³-hybridized carbons (Fsp3) is 0.533. The fourth-order valence-electron chi connectivity index (χ4n) is 2.60. The molecular formula is C15H20ClNO2. The lowest BCUT2D eigenvalue weighted by atomic mass is 9.98. The minimum Gasteiger partial charge on any atom is -0.508 e. The number of phenolic OH excluding ortho intramolecular Hbond substituents is 1. The number of aryl methyl sites for hydroxylation is 1. The van der Waals surface area contributed by atoms with Crippen LogP contribution in [-0.2, 0) is 0 Å². The molecule has 1 saturated heterocycles. The molecule has 19 heavy (non-hydrogen) atoms. The van der Waals surface area contributed by atoms with Crippen molar-refractivity contribution in [2.45, 2.75) is 38.6 Å². The van der Waals surface area contributed by atoms with E-state index in [1.54, 1.807) is 18.2 Å². The number of rotatable bonds is 3. The third kappa shape index (κ3) is 3.21. The number of hydrogen-bond donors (Lipinski definition) is 1. The smallest absolute Gasteiger partial charge is 0.254 e. The number of carbonyl (C=O) groups is 1. The number of carbonyl (C=O) groups excluding carboxylic acids is 1. The number of halogens is 1. The van der Waals surface area contributed by atoms with Crippen molar-refractivity contribution in [2.75, 3.05) is 12.4 Å². The zero-order valence-corrected chi connectivity index (χ0v) is 12.0. The Morgan fingerprint density at radius 1 is 1.47 bits per heavy atom. The molecule has 0 spiro atoms. The Hall–Kier alpha value is -1.22. The van der Waals surface area contributed by atoms with Gasteiger partial charge in [-0.2, -0.15) is 0 Å². The number of alkyl halides is 1. The molecular weight excluding hydrogens is 262 g/mol. The second kappa shape index (κ2) is 6.29. The lowest BCUT2D eigenvalue weighted by Gasteiger charge is -2.35. The average Bonchev–Trinajstić information content (AvgIpc) is 2.42. The van der Waals surface area contributed by atoms with Crippen molar-refractivity contribution in [2.24, 2.45) is 0 Å². The van der Waals surface area contributed by atoms with E-state index >= 15 is 0 Å². The monoisotopic (exact) mass is 281 g/mol. The van der Waals surface area contributed by atoms with E-state index in [9.17, 15) is 9.90 Å². The Morgan fingerprint density at radius 3 is 2.95 bits per heavy atom. The van der Waals surface area contributed by atoms with Gasteiger partial charge in [-0.3, -0.25) is 4.79 Å². The first-order valence-electron chi connectivity index (χ1n) is 6.80. The minimum atomic E-state index is 0.00474. The number of phenols is 1. The maximum atomic E-state index is 12.5. The van der Waals surface area contributed by atoms with Crippen LogP contribution < -0.4 is 0 Å². The van der Waals surface area contributed by atoms with Gasteiger partial charge in [0.25, 0.3) is 5.91 Å². The van der Waals surface area contributed by atoms with Crippen molar-refractivity contribution in [1.82, 2.24) is 4.90 Å². The first-order valence-corrected chi connectivity index (χ1v) is 7.33. The highest BCUT2D eigenvalue weighted by Gasteiger charge is 2.27. The van der Waals surface area contributed by atoms with Crippen molar-refractivity contribution in [3.05, 3.63) is 29.3 Å². The average molecular weight is 282 g/mol. The lowest BCUT2D eigenvalue weighted by molar-refractivity contribution is 0.0609. The lowest BCUT2D eigenvalue weighted by Crippen LogP contribution is -2.43. The molecule has 2 rings (SSSR count). The number of amides is 1. The van der Waals surface area contributed by atoms with E-state index in [0.29, 0.717) is 11.4 Å². The maximum absolute atomic E-state index is 12.5. The molecule has 1 aromatic rings. The summed E-state index contributed by atoms with van der Waals surface area (Å²) in [5, 5.41) is 9.72. The van der Waals surface area contributed by atoms with Gasteiger partial charge in [0.2, 0.25) is 0 Å². The molecule has 1 fully saturated rings. The zero-order valence-electron chi connectivity index (χ0n) is 11.2. The number of nitrogens with zero attached hydrogens (tertiary/aromatic N) is 1. The molecule has 4 heteroatoms. The molecule has 1 aliphatic rings. The summed E-state index contributed by atoms with van der Waals surface area (Å²) >= 11 is 5.82. The first kappa shape index (κ1) is 14.2. The normalized spacial score (nSPS) is 19.5. The predicted molar refractivity (Wildman–Crippen MR) is 76.9 cm³/mol. The maximum Gasteiger partial charge on any atom is 0.254 e. The van der Waals surface area contributed by atoms with Crippen LogP contribution in [0.3, 0.4) is 0 Å². The van der Waals surface area contributed by atoms with Gasteiger partial charge in [-0.15, -0.1) is 11.6 Å². The highest BCUT2D eigenvalue weighted by Crippen LogP contribution is 2.24. The number of likely N-dealkylation sites (tertiary alicyclic amines) is 1. The first-order chi connectivity index (χ1) is 9.13. The van der Waals surface area contributed by atoms with E-state index in [1.807, 2.05) is 11.8 Å². The van der Waals surface area contributed by atoms with Gasteiger partial charge in [0.15, 0.2) is 0 Å². The molecule has 104 valence electrons. The topological polar surface area (TPSA) is 40.5 Å². The van der Waals surface area contributed by atoms with Crippen molar-refractivity contribution >= 4 is 17.5 Å². The van der Waals surface area contributed by atoms with E-state index < -0.39 is 0 Å². The molecule has 1 unspecified atom stereocenters. The van der Waals surface area contributed by atoms with Gasteiger partial charge in [0.05, 0.1) is 0 Å². The van der Waals surface area contributed by atoms with Crippen molar-refractivity contribution in [1.29, 1.82) is 0 Å². The SMILES string of the molecule is Cc1ccc(C(=O)N2CCCCC2CCCl)cc1O. The summed E-state index contributed by atoms with van der Waals surface area (Å²) in [5.41, 5.74) is 1.34. The third-order valence-corrected chi connectivity index (χ3v) is 4.00. The summed E-state index contributed by atoms with van der Waals surface area (Å²) in [7, 11) is 0. The van der Waals surface area contributed by atoms with Crippen molar-refractivity contribution in [3.8, 4) is 5.75 Å². The summed E-state index contributed by atoms with van der Waals surface area (Å²) in [5.74, 6) is 0.759. The van der Waals surface area contributed by atoms with Gasteiger partial charge in [0.1, 0.15) is 5.75 Å². The molecule has 1 atom stereocenters. The highest BCUT2D eigenvalue weighted by molar-refractivity contribution is 6.17. The number of benzene rings is 1. The van der Waals surface area contributed by atoms with Crippen molar-refractivity contribution in [3.63, 3.8) is 0 Å². The molecule has 0 saturated carbocycles. The van der Waals surface area contributed by atoms with Crippen LogP contribution in [0, 0.1) is 6.92 Å². The van der Waals surface area contributed by atoms with Crippen molar-refractivity contribution < 1.29 is 9.90 Å². The van der Waals surface area contributed by atoms with Crippen LogP contribution in [0.4, 0.5) is 0 Å². The van der Waals surface area contributed by atoms with Crippen LogP contribution in [-0.4, -0.2) is 34.4 Å². The minimum absolute atomic E-state index is 0.00474. The number of aromatic hydroxyl groups is 1. The van der Waals surface area contributed by atoms with E-state index in [0.717, 1.165) is 37.8 Å². The second-order valence-electron chi connectivity index (χ2n) is 5.13.